The Balaban J connectivity index is 1.66. The Hall–Kier alpha value is -4.28. The summed E-state index contributed by atoms with van der Waals surface area (Å²) >= 11 is 0. The van der Waals surface area contributed by atoms with Crippen molar-refractivity contribution in [3.63, 3.8) is 0 Å². The smallest absolute Gasteiger partial charge is 0.307 e. The minimum Gasteiger partial charge on any atom is -0.494 e. The van der Waals surface area contributed by atoms with E-state index >= 15 is 0 Å². The van der Waals surface area contributed by atoms with Crippen LogP contribution in [-0.4, -0.2) is 49.6 Å². The van der Waals surface area contributed by atoms with Crippen molar-refractivity contribution in [3.8, 4) is 17.1 Å². The van der Waals surface area contributed by atoms with Crippen LogP contribution in [0.2, 0.25) is 0 Å². The van der Waals surface area contributed by atoms with E-state index in [0.29, 0.717) is 40.5 Å². The number of aliphatic carboxylic acids is 1. The van der Waals surface area contributed by atoms with E-state index in [0.717, 1.165) is 0 Å². The minimum absolute atomic E-state index is 0.137. The van der Waals surface area contributed by atoms with Gasteiger partial charge in [0.25, 0.3) is 0 Å². The Bertz CT molecular complexity index is 1270. The molecule has 11 nitrogen and oxygen atoms in total. The van der Waals surface area contributed by atoms with Crippen LogP contribution in [-0.2, 0) is 16.6 Å². The number of ketones is 1. The number of ether oxygens (including phenoxy) is 1. The normalized spacial score (nSPS) is 16.6. The van der Waals surface area contributed by atoms with Gasteiger partial charge < -0.3 is 20.5 Å². The van der Waals surface area contributed by atoms with Crippen LogP contribution in [0.1, 0.15) is 30.1 Å². The zero-order valence-electron chi connectivity index (χ0n) is 18.9. The summed E-state index contributed by atoms with van der Waals surface area (Å²) in [6.07, 6.45) is 3.53. The van der Waals surface area contributed by atoms with Gasteiger partial charge in [-0.15, -0.1) is 0 Å². The van der Waals surface area contributed by atoms with Gasteiger partial charge in [0.05, 0.1) is 41.4 Å². The molecule has 3 N–H and O–H groups in total. The number of para-hydroxylation sites is 1. The van der Waals surface area contributed by atoms with Crippen molar-refractivity contribution in [1.82, 2.24) is 19.7 Å². The number of hydrogen-bond donors (Lipinski definition) is 3. The molecule has 0 aliphatic heterocycles. The maximum Gasteiger partial charge on any atom is 0.307 e. The lowest BCUT2D eigenvalue weighted by molar-refractivity contribution is -0.139. The Labute approximate surface area is 195 Å². The van der Waals surface area contributed by atoms with E-state index in [9.17, 15) is 14.4 Å². The Morgan fingerprint density at radius 1 is 1.21 bits per heavy atom. The molecule has 0 unspecified atom stereocenters. The molecule has 0 radical (unpaired) electrons. The van der Waals surface area contributed by atoms with Gasteiger partial charge in [-0.25, -0.2) is 9.97 Å². The number of Topliss-reactive ketones (excluding diaryl/α,β-unsaturated/α-hetero) is 1. The Kier molecular flexibility index (Phi) is 6.26. The molecule has 1 aromatic carbocycles. The van der Waals surface area contributed by atoms with E-state index in [2.05, 4.69) is 25.7 Å². The second-order valence-electron chi connectivity index (χ2n) is 7.92. The van der Waals surface area contributed by atoms with Crippen LogP contribution in [0.15, 0.2) is 36.8 Å². The molecule has 0 spiro atoms. The number of methoxy groups -OCH3 is 1. The van der Waals surface area contributed by atoms with Crippen LogP contribution < -0.4 is 15.4 Å². The molecule has 2 heterocycles. The number of nitrogens with one attached hydrogen (secondary N) is 2. The summed E-state index contributed by atoms with van der Waals surface area (Å²) in [5.41, 5.74) is 1.99. The molecular weight excluding hydrogens is 440 g/mol. The molecule has 11 heteroatoms. The standard InChI is InChI=1S/C23H24N6O5/c1-4-18(30)15-10-24-19(27-22(31)13-8-14(13)23(32)33)9-17(15)26-16-7-5-6-12(20(16)34-3)21-25-11-29(2)28-21/h5-7,9-11,13-14H,4,8H2,1-3H3,(H,32,33)(H2,24,26,27,31)/t13-,14-/m1/s1. The van der Waals surface area contributed by atoms with Gasteiger partial charge in [0, 0.05) is 25.7 Å². The SMILES string of the molecule is CCC(=O)c1cnc(NC(=O)[C@@H]2C[C@H]2C(=O)O)cc1Nc1cccc(-c2ncn(C)n2)c1OC. The highest BCUT2D eigenvalue weighted by Crippen LogP contribution is 2.40. The second kappa shape index (κ2) is 9.30. The molecular formula is C23H24N6O5. The summed E-state index contributed by atoms with van der Waals surface area (Å²) in [5, 5.41) is 19.3. The van der Waals surface area contributed by atoms with Gasteiger partial charge in [-0.1, -0.05) is 13.0 Å². The first kappa shape index (κ1) is 22.9. The molecule has 2 atom stereocenters. The maximum atomic E-state index is 12.6. The van der Waals surface area contributed by atoms with Crippen LogP contribution in [0.4, 0.5) is 17.2 Å². The number of nitrogens with zero attached hydrogens (tertiary/aromatic N) is 4. The number of aryl methyl sites for hydroxylation is 1. The van der Waals surface area contributed by atoms with Gasteiger partial charge in [0.2, 0.25) is 5.91 Å². The van der Waals surface area contributed by atoms with E-state index in [4.69, 9.17) is 9.84 Å². The van der Waals surface area contributed by atoms with Crippen LogP contribution in [0.25, 0.3) is 11.4 Å². The molecule has 0 bridgehead atoms. The molecule has 2 aromatic heterocycles. The average Bonchev–Trinajstić information content (AvgIpc) is 3.53. The van der Waals surface area contributed by atoms with Gasteiger partial charge in [-0.2, -0.15) is 5.10 Å². The Morgan fingerprint density at radius 3 is 2.62 bits per heavy atom. The molecule has 0 saturated heterocycles. The van der Waals surface area contributed by atoms with E-state index in [-0.39, 0.29) is 18.0 Å². The molecule has 1 aliphatic carbocycles. The molecule has 176 valence electrons. The monoisotopic (exact) mass is 464 g/mol. The largest absolute Gasteiger partial charge is 0.494 e. The maximum absolute atomic E-state index is 12.6. The summed E-state index contributed by atoms with van der Waals surface area (Å²) in [7, 11) is 3.29. The number of hydrogen-bond acceptors (Lipinski definition) is 8. The van der Waals surface area contributed by atoms with Crippen molar-refractivity contribution in [1.29, 1.82) is 0 Å². The first-order chi connectivity index (χ1) is 16.3. The minimum atomic E-state index is -0.992. The van der Waals surface area contributed by atoms with Gasteiger partial charge in [-0.05, 0) is 18.6 Å². The first-order valence-corrected chi connectivity index (χ1v) is 10.7. The van der Waals surface area contributed by atoms with Crippen molar-refractivity contribution in [3.05, 3.63) is 42.4 Å². The van der Waals surface area contributed by atoms with Crippen LogP contribution in [0.3, 0.4) is 0 Å². The third kappa shape index (κ3) is 4.58. The van der Waals surface area contributed by atoms with E-state index in [1.54, 1.807) is 43.2 Å². The number of aromatic nitrogens is 4. The third-order valence-electron chi connectivity index (χ3n) is 5.55. The fraction of sp³-hybridized carbons (Fsp3) is 0.304. The van der Waals surface area contributed by atoms with Crippen molar-refractivity contribution in [2.24, 2.45) is 18.9 Å². The number of pyridine rings is 1. The zero-order chi connectivity index (χ0) is 24.4. The lowest BCUT2D eigenvalue weighted by Crippen LogP contribution is -2.18. The quantitative estimate of drug-likeness (QED) is 0.406. The number of rotatable bonds is 9. The molecule has 3 aromatic rings. The van der Waals surface area contributed by atoms with Crippen molar-refractivity contribution in [2.45, 2.75) is 19.8 Å². The predicted molar refractivity (Wildman–Crippen MR) is 123 cm³/mol. The summed E-state index contributed by atoms with van der Waals surface area (Å²) in [5.74, 6) is -1.64. The molecule has 1 amide bonds. The van der Waals surface area contributed by atoms with Crippen molar-refractivity contribution >= 4 is 34.9 Å². The number of carboxylic acid groups (broad SMARTS) is 1. The molecule has 1 saturated carbocycles. The lowest BCUT2D eigenvalue weighted by Gasteiger charge is -2.16. The summed E-state index contributed by atoms with van der Waals surface area (Å²) in [6, 6.07) is 6.96. The predicted octanol–water partition coefficient (Wildman–Crippen LogP) is 2.88. The van der Waals surface area contributed by atoms with Gasteiger partial charge in [0.1, 0.15) is 12.1 Å². The van der Waals surface area contributed by atoms with Crippen LogP contribution in [0, 0.1) is 11.8 Å². The van der Waals surface area contributed by atoms with Gasteiger partial charge >= 0.3 is 5.97 Å². The zero-order valence-corrected chi connectivity index (χ0v) is 18.9. The molecule has 1 fully saturated rings. The lowest BCUT2D eigenvalue weighted by atomic mass is 10.1. The third-order valence-corrected chi connectivity index (χ3v) is 5.55. The average molecular weight is 464 g/mol. The van der Waals surface area contributed by atoms with E-state index in [1.807, 2.05) is 6.07 Å². The molecule has 4 rings (SSSR count). The number of benzene rings is 1. The second-order valence-corrected chi connectivity index (χ2v) is 7.92. The highest BCUT2D eigenvalue weighted by atomic mass is 16.5. The first-order valence-electron chi connectivity index (χ1n) is 10.7. The molecule has 1 aliphatic rings. The van der Waals surface area contributed by atoms with Gasteiger partial charge in [-0.3, -0.25) is 19.1 Å². The number of carbonyl (C=O) groups is 3. The van der Waals surface area contributed by atoms with Crippen molar-refractivity contribution < 1.29 is 24.2 Å². The van der Waals surface area contributed by atoms with Gasteiger partial charge in [0.15, 0.2) is 17.4 Å². The highest BCUT2D eigenvalue weighted by molar-refractivity contribution is 6.03. The number of amides is 1. The van der Waals surface area contributed by atoms with Crippen LogP contribution in [0.5, 0.6) is 5.75 Å². The summed E-state index contributed by atoms with van der Waals surface area (Å²) in [6.45, 7) is 1.74. The van der Waals surface area contributed by atoms with Crippen molar-refractivity contribution in [2.75, 3.05) is 17.7 Å². The fourth-order valence-corrected chi connectivity index (χ4v) is 3.66. The topological polar surface area (TPSA) is 148 Å². The van der Waals surface area contributed by atoms with E-state index in [1.165, 1.54) is 13.3 Å². The van der Waals surface area contributed by atoms with E-state index < -0.39 is 23.7 Å². The molecule has 34 heavy (non-hydrogen) atoms. The summed E-state index contributed by atoms with van der Waals surface area (Å²) < 4.78 is 7.21. The highest BCUT2D eigenvalue weighted by Gasteiger charge is 2.48. The number of carbonyl (C=O) groups excluding carboxylic acids is 2. The van der Waals surface area contributed by atoms with Crippen LogP contribution >= 0.6 is 0 Å². The number of anilines is 3. The summed E-state index contributed by atoms with van der Waals surface area (Å²) in [4.78, 5) is 44.5. The fourth-order valence-electron chi connectivity index (χ4n) is 3.66. The Morgan fingerprint density at radius 2 is 2.00 bits per heavy atom. The number of carboxylic acids is 1.